The minimum absolute atomic E-state index is 0.585. The Hall–Kier alpha value is -0.0800. The largest absolute Gasteiger partial charge is 0.385 e. The minimum atomic E-state index is 0.585. The first-order chi connectivity index (χ1) is 7.59. The van der Waals surface area contributed by atoms with Crippen LogP contribution in [0.5, 0.6) is 0 Å². The molecule has 1 saturated carbocycles. The van der Waals surface area contributed by atoms with Crippen LogP contribution in [0, 0.1) is 11.3 Å². The van der Waals surface area contributed by atoms with Gasteiger partial charge in [0.15, 0.2) is 0 Å². The van der Waals surface area contributed by atoms with Crippen molar-refractivity contribution in [2.24, 2.45) is 11.3 Å². The van der Waals surface area contributed by atoms with Crippen molar-refractivity contribution < 1.29 is 4.74 Å². The van der Waals surface area contributed by atoms with E-state index in [1.807, 2.05) is 0 Å². The molecular weight excluding hydrogens is 198 g/mol. The second-order valence-corrected chi connectivity index (χ2v) is 6.03. The number of rotatable bonds is 6. The summed E-state index contributed by atoms with van der Waals surface area (Å²) in [5, 5.41) is 3.50. The van der Waals surface area contributed by atoms with Crippen LogP contribution in [0.4, 0.5) is 0 Å². The Morgan fingerprint density at radius 3 is 2.44 bits per heavy atom. The van der Waals surface area contributed by atoms with Crippen molar-refractivity contribution in [3.05, 3.63) is 0 Å². The molecule has 96 valence electrons. The number of hydrogen-bond donors (Lipinski definition) is 1. The summed E-state index contributed by atoms with van der Waals surface area (Å²) in [5.74, 6) is 0.884. The Balaban J connectivity index is 2.31. The molecule has 0 radical (unpaired) electrons. The first-order valence-corrected chi connectivity index (χ1v) is 6.75. The lowest BCUT2D eigenvalue weighted by Crippen LogP contribution is -2.37. The van der Waals surface area contributed by atoms with Crippen molar-refractivity contribution >= 4 is 0 Å². The van der Waals surface area contributed by atoms with Gasteiger partial charge in [-0.15, -0.1) is 0 Å². The Morgan fingerprint density at radius 1 is 1.31 bits per heavy atom. The number of ether oxygens (including phenoxy) is 1. The van der Waals surface area contributed by atoms with Crippen molar-refractivity contribution in [1.82, 2.24) is 5.32 Å². The van der Waals surface area contributed by atoms with Gasteiger partial charge in [-0.25, -0.2) is 0 Å². The van der Waals surface area contributed by atoms with E-state index in [-0.39, 0.29) is 0 Å². The SMILES string of the molecule is CNC(CCCOC)C1CCC(C)(C)CC1. The summed E-state index contributed by atoms with van der Waals surface area (Å²) >= 11 is 0. The fourth-order valence-electron chi connectivity index (χ4n) is 2.89. The van der Waals surface area contributed by atoms with E-state index in [4.69, 9.17) is 4.74 Å². The highest BCUT2D eigenvalue weighted by Gasteiger charge is 2.30. The average molecular weight is 227 g/mol. The highest BCUT2D eigenvalue weighted by molar-refractivity contribution is 4.84. The number of nitrogens with one attached hydrogen (secondary N) is 1. The summed E-state index contributed by atoms with van der Waals surface area (Å²) in [7, 11) is 3.90. The molecule has 2 nitrogen and oxygen atoms in total. The van der Waals surface area contributed by atoms with Crippen LogP contribution in [-0.4, -0.2) is 26.8 Å². The fraction of sp³-hybridized carbons (Fsp3) is 1.00. The molecule has 0 amide bonds. The van der Waals surface area contributed by atoms with E-state index in [1.165, 1.54) is 38.5 Å². The molecule has 2 heteroatoms. The molecule has 1 fully saturated rings. The number of methoxy groups -OCH3 is 1. The molecule has 0 saturated heterocycles. The molecule has 1 atom stereocenters. The monoisotopic (exact) mass is 227 g/mol. The van der Waals surface area contributed by atoms with Gasteiger partial charge in [0.2, 0.25) is 0 Å². The third-order valence-electron chi connectivity index (χ3n) is 4.19. The summed E-state index contributed by atoms with van der Waals surface area (Å²) < 4.78 is 5.13. The lowest BCUT2D eigenvalue weighted by molar-refractivity contribution is 0.147. The maximum Gasteiger partial charge on any atom is 0.0462 e. The van der Waals surface area contributed by atoms with Crippen LogP contribution in [0.3, 0.4) is 0 Å². The normalized spacial score (nSPS) is 23.2. The third kappa shape index (κ3) is 4.42. The Labute approximate surface area is 101 Å². The van der Waals surface area contributed by atoms with Crippen LogP contribution in [0.1, 0.15) is 52.4 Å². The van der Waals surface area contributed by atoms with Gasteiger partial charge in [-0.3, -0.25) is 0 Å². The van der Waals surface area contributed by atoms with Crippen molar-refractivity contribution in [3.63, 3.8) is 0 Å². The molecule has 0 aliphatic heterocycles. The van der Waals surface area contributed by atoms with E-state index in [2.05, 4.69) is 26.2 Å². The molecular formula is C14H29NO. The third-order valence-corrected chi connectivity index (χ3v) is 4.19. The van der Waals surface area contributed by atoms with Gasteiger partial charge in [-0.2, -0.15) is 0 Å². The molecule has 0 spiro atoms. The zero-order valence-corrected chi connectivity index (χ0v) is 11.5. The van der Waals surface area contributed by atoms with E-state index in [1.54, 1.807) is 7.11 Å². The Kier molecular flexibility index (Phi) is 5.77. The standard InChI is InChI=1S/C14H29NO/c1-14(2)9-7-12(8-10-14)13(15-3)6-5-11-16-4/h12-13,15H,5-11H2,1-4H3. The molecule has 0 aromatic carbocycles. The van der Waals surface area contributed by atoms with E-state index in [0.717, 1.165) is 12.5 Å². The Bertz CT molecular complexity index is 181. The van der Waals surface area contributed by atoms with Gasteiger partial charge in [0.1, 0.15) is 0 Å². The van der Waals surface area contributed by atoms with Gasteiger partial charge in [-0.1, -0.05) is 13.8 Å². The van der Waals surface area contributed by atoms with E-state index in [9.17, 15) is 0 Å². The minimum Gasteiger partial charge on any atom is -0.385 e. The molecule has 0 bridgehead atoms. The van der Waals surface area contributed by atoms with Gasteiger partial charge in [0.25, 0.3) is 0 Å². The lowest BCUT2D eigenvalue weighted by Gasteiger charge is -2.38. The van der Waals surface area contributed by atoms with Crippen molar-refractivity contribution in [2.45, 2.75) is 58.4 Å². The van der Waals surface area contributed by atoms with Gasteiger partial charge in [-0.05, 0) is 56.9 Å². The fourth-order valence-corrected chi connectivity index (χ4v) is 2.89. The zero-order chi connectivity index (χ0) is 12.0. The molecule has 0 aromatic heterocycles. The summed E-state index contributed by atoms with van der Waals surface area (Å²) in [6, 6.07) is 0.700. The van der Waals surface area contributed by atoms with Gasteiger partial charge >= 0.3 is 0 Å². The first kappa shape index (κ1) is 14.0. The highest BCUT2D eigenvalue weighted by atomic mass is 16.5. The van der Waals surface area contributed by atoms with Crippen molar-refractivity contribution in [1.29, 1.82) is 0 Å². The van der Waals surface area contributed by atoms with Crippen molar-refractivity contribution in [2.75, 3.05) is 20.8 Å². The van der Waals surface area contributed by atoms with Crippen LogP contribution in [0.15, 0.2) is 0 Å². The molecule has 1 rings (SSSR count). The molecule has 1 N–H and O–H groups in total. The van der Waals surface area contributed by atoms with E-state index < -0.39 is 0 Å². The average Bonchev–Trinajstić information content (AvgIpc) is 2.25. The van der Waals surface area contributed by atoms with Crippen LogP contribution < -0.4 is 5.32 Å². The highest BCUT2D eigenvalue weighted by Crippen LogP contribution is 2.39. The summed E-state index contributed by atoms with van der Waals surface area (Å²) in [6.07, 6.45) is 8.01. The smallest absolute Gasteiger partial charge is 0.0462 e. The summed E-state index contributed by atoms with van der Waals surface area (Å²) in [4.78, 5) is 0. The first-order valence-electron chi connectivity index (χ1n) is 6.75. The zero-order valence-electron chi connectivity index (χ0n) is 11.5. The molecule has 16 heavy (non-hydrogen) atoms. The molecule has 1 unspecified atom stereocenters. The van der Waals surface area contributed by atoms with E-state index >= 15 is 0 Å². The molecule has 0 aromatic rings. The number of hydrogen-bond acceptors (Lipinski definition) is 2. The Morgan fingerprint density at radius 2 is 1.94 bits per heavy atom. The summed E-state index contributed by atoms with van der Waals surface area (Å²) in [6.45, 7) is 5.71. The van der Waals surface area contributed by atoms with Crippen LogP contribution in [0.25, 0.3) is 0 Å². The molecule has 1 aliphatic carbocycles. The van der Waals surface area contributed by atoms with E-state index in [0.29, 0.717) is 11.5 Å². The molecule has 1 aliphatic rings. The topological polar surface area (TPSA) is 21.3 Å². The van der Waals surface area contributed by atoms with Crippen LogP contribution in [0.2, 0.25) is 0 Å². The van der Waals surface area contributed by atoms with Gasteiger partial charge in [0.05, 0.1) is 0 Å². The predicted molar refractivity (Wildman–Crippen MR) is 69.7 cm³/mol. The second-order valence-electron chi connectivity index (χ2n) is 6.03. The van der Waals surface area contributed by atoms with Gasteiger partial charge < -0.3 is 10.1 Å². The quantitative estimate of drug-likeness (QED) is 0.704. The summed E-state index contributed by atoms with van der Waals surface area (Å²) in [5.41, 5.74) is 0.585. The predicted octanol–water partition coefficient (Wildman–Crippen LogP) is 3.22. The van der Waals surface area contributed by atoms with Gasteiger partial charge in [0, 0.05) is 19.8 Å². The van der Waals surface area contributed by atoms with Crippen LogP contribution >= 0.6 is 0 Å². The second kappa shape index (κ2) is 6.61. The maximum absolute atomic E-state index is 5.13. The maximum atomic E-state index is 5.13. The van der Waals surface area contributed by atoms with Crippen molar-refractivity contribution in [3.8, 4) is 0 Å². The molecule has 0 heterocycles. The van der Waals surface area contributed by atoms with Crippen LogP contribution in [-0.2, 0) is 4.74 Å². The lowest BCUT2D eigenvalue weighted by atomic mass is 9.70.